The Hall–Kier alpha value is -2.29. The predicted octanol–water partition coefficient (Wildman–Crippen LogP) is 2.63. The highest BCUT2D eigenvalue weighted by Crippen LogP contribution is 2.29. The molecule has 1 aliphatic heterocycles. The van der Waals surface area contributed by atoms with Crippen molar-refractivity contribution >= 4 is 42.6 Å². The van der Waals surface area contributed by atoms with Crippen molar-refractivity contribution in [1.82, 2.24) is 5.48 Å². The summed E-state index contributed by atoms with van der Waals surface area (Å²) in [6, 6.07) is 0.969. The molecule has 1 aromatic carbocycles. The first-order valence-corrected chi connectivity index (χ1v) is 11.3. The fourth-order valence-corrected chi connectivity index (χ4v) is 3.54. The molecule has 31 heavy (non-hydrogen) atoms. The molecular weight excluding hydrogens is 534 g/mol. The number of aliphatic hydroxyl groups excluding tert-OH is 1. The van der Waals surface area contributed by atoms with Gasteiger partial charge in [0.15, 0.2) is 17.5 Å². The fraction of sp³-hybridized carbons (Fsp3) is 0.316. The maximum absolute atomic E-state index is 14.8. The van der Waals surface area contributed by atoms with Crippen LogP contribution in [0.5, 0.6) is 0 Å². The molecule has 8 nitrogen and oxygen atoms in total. The lowest BCUT2D eigenvalue weighted by Crippen LogP contribution is -2.27. The van der Waals surface area contributed by atoms with Crippen LogP contribution in [0.25, 0.3) is 0 Å². The van der Waals surface area contributed by atoms with Crippen LogP contribution in [-0.2, 0) is 9.68 Å². The number of benzene rings is 1. The molecule has 1 amide bonds. The van der Waals surface area contributed by atoms with Gasteiger partial charge in [0.05, 0.1) is 42.0 Å². The monoisotopic (exact) mass is 555 g/mol. The number of carbonyl (C=O) groups excluding carboxylic acids is 1. The van der Waals surface area contributed by atoms with Gasteiger partial charge in [-0.3, -0.25) is 9.63 Å². The first-order valence-electron chi connectivity index (χ1n) is 8.85. The van der Waals surface area contributed by atoms with Crippen LogP contribution in [0.15, 0.2) is 32.9 Å². The van der Waals surface area contributed by atoms with E-state index >= 15 is 0 Å². The summed E-state index contributed by atoms with van der Waals surface area (Å²) in [6.45, 7) is 2.09. The number of amides is 1. The van der Waals surface area contributed by atoms with Crippen molar-refractivity contribution in [2.45, 2.75) is 19.4 Å². The van der Waals surface area contributed by atoms with Crippen molar-refractivity contribution in [2.75, 3.05) is 25.1 Å². The molecule has 0 aliphatic carbocycles. The van der Waals surface area contributed by atoms with Crippen LogP contribution in [0.4, 0.5) is 18.9 Å². The Labute approximate surface area is 186 Å². The van der Waals surface area contributed by atoms with Crippen LogP contribution >= 0.6 is 20.7 Å². The number of oxime groups is 1. The number of hydrogen-bond acceptors (Lipinski definition) is 7. The third kappa shape index (κ3) is 7.41. The van der Waals surface area contributed by atoms with Gasteiger partial charge in [-0.05, 0) is 30.1 Å². The number of rotatable bonds is 10. The van der Waals surface area contributed by atoms with Crippen molar-refractivity contribution in [3.63, 3.8) is 0 Å². The van der Waals surface area contributed by atoms with Gasteiger partial charge in [-0.1, -0.05) is 25.9 Å². The van der Waals surface area contributed by atoms with Gasteiger partial charge in [0.2, 0.25) is 0 Å². The molecule has 0 saturated heterocycles. The third-order valence-corrected chi connectivity index (χ3v) is 5.18. The van der Waals surface area contributed by atoms with Crippen LogP contribution in [-0.4, -0.2) is 51.8 Å². The molecule has 12 heteroatoms. The smallest absolute Gasteiger partial charge is 0.277 e. The lowest BCUT2D eigenvalue weighted by atomic mass is 10.1. The van der Waals surface area contributed by atoms with Gasteiger partial charge in [0.25, 0.3) is 5.91 Å². The largest absolute Gasteiger partial charge is 0.394 e. The van der Waals surface area contributed by atoms with Gasteiger partial charge in [0, 0.05) is 9.58 Å². The Kier molecular flexibility index (Phi) is 9.15. The van der Waals surface area contributed by atoms with Crippen LogP contribution in [0.1, 0.15) is 29.8 Å². The first-order chi connectivity index (χ1) is 14.6. The van der Waals surface area contributed by atoms with Crippen LogP contribution in [0.3, 0.4) is 0 Å². The summed E-state index contributed by atoms with van der Waals surface area (Å²) in [5.74, 6) is -4.43. The molecule has 1 heterocycles. The van der Waals surface area contributed by atoms with Gasteiger partial charge in [-0.25, -0.2) is 18.7 Å². The highest BCUT2D eigenvalue weighted by molar-refractivity contribution is 14.2. The zero-order valence-electron chi connectivity index (χ0n) is 16.6. The molecule has 0 unspecified atom stereocenters. The van der Waals surface area contributed by atoms with Crippen molar-refractivity contribution in [1.29, 1.82) is 0 Å². The van der Waals surface area contributed by atoms with Gasteiger partial charge in [0.1, 0.15) is 6.61 Å². The summed E-state index contributed by atoms with van der Waals surface area (Å²) in [5, 5.41) is 24.2. The van der Waals surface area contributed by atoms with E-state index in [4.69, 9.17) is 14.8 Å². The number of carbonyl (C=O) groups is 1. The topological polar surface area (TPSA) is 112 Å². The predicted molar refractivity (Wildman–Crippen MR) is 118 cm³/mol. The summed E-state index contributed by atoms with van der Waals surface area (Å²) in [7, 11) is 0. The average Bonchev–Trinajstić information content (AvgIpc) is 2.71. The van der Waals surface area contributed by atoms with E-state index in [1.165, 1.54) is 23.9 Å². The molecular formula is C19H21F3IN3O5. The van der Waals surface area contributed by atoms with Crippen molar-refractivity contribution in [2.24, 2.45) is 5.16 Å². The number of halogens is 4. The number of aliphatic hydroxyl groups is 2. The number of nitrogens with zero attached hydrogens (tertiary/aromatic N) is 1. The highest BCUT2D eigenvalue weighted by Gasteiger charge is 2.24. The summed E-state index contributed by atoms with van der Waals surface area (Å²) in [4.78, 5) is 22.0. The van der Waals surface area contributed by atoms with Gasteiger partial charge in [-0.2, -0.15) is 0 Å². The second-order valence-electron chi connectivity index (χ2n) is 6.75. The van der Waals surface area contributed by atoms with Crippen LogP contribution < -0.4 is 10.8 Å². The summed E-state index contributed by atoms with van der Waals surface area (Å²) in [6.07, 6.45) is 2.21. The average molecular weight is 555 g/mol. The minimum atomic E-state index is -1.45. The quantitative estimate of drug-likeness (QED) is 0.153. The van der Waals surface area contributed by atoms with E-state index in [0.29, 0.717) is 0 Å². The Morgan fingerprint density at radius 3 is 2.71 bits per heavy atom. The van der Waals surface area contributed by atoms with Crippen molar-refractivity contribution in [3.05, 3.63) is 50.5 Å². The Morgan fingerprint density at radius 2 is 2.06 bits per heavy atom. The molecule has 0 aromatic heterocycles. The highest BCUT2D eigenvalue weighted by atomic mass is 127. The maximum atomic E-state index is 14.8. The standard InChI is InChI=1S/C19H21F3IN3O5/c1-19(2,29)10-31-24-9-11-7-12(18(28)26-30-6-5-27)17(16(22)15(11)21)25-14-3-4-23-8-13(14)20/h3-4,7-9,25,27,29H,5-6,10H2,1-2H3,(H,26,28)/b24-9+. The number of allylic oxidation sites excluding steroid dienone is 2. The maximum Gasteiger partial charge on any atom is 0.277 e. The van der Waals surface area contributed by atoms with Crippen molar-refractivity contribution < 1.29 is 37.9 Å². The number of nitrogens with one attached hydrogen (secondary N) is 2. The lowest BCUT2D eigenvalue weighted by molar-refractivity contribution is -0.0185. The normalized spacial score (nSPS) is 14.0. The van der Waals surface area contributed by atoms with E-state index in [0.717, 1.165) is 12.3 Å². The van der Waals surface area contributed by atoms with E-state index in [-0.39, 0.29) is 25.5 Å². The van der Waals surface area contributed by atoms with E-state index in [2.05, 4.69) is 10.5 Å². The molecule has 170 valence electrons. The molecule has 0 bridgehead atoms. The Morgan fingerprint density at radius 1 is 1.32 bits per heavy atom. The molecule has 1 aromatic rings. The van der Waals surface area contributed by atoms with Gasteiger partial charge >= 0.3 is 0 Å². The Balaban J connectivity index is 2.42. The number of hydroxylamine groups is 1. The molecule has 0 spiro atoms. The summed E-state index contributed by atoms with van der Waals surface area (Å²) in [5.41, 5.74) is -0.803. The van der Waals surface area contributed by atoms with Gasteiger partial charge in [-0.15, -0.1) is 0 Å². The summed E-state index contributed by atoms with van der Waals surface area (Å²) >= 11 is -0.616. The fourth-order valence-electron chi connectivity index (χ4n) is 2.11. The second-order valence-corrected chi connectivity index (χ2v) is 8.82. The minimum absolute atomic E-state index is 0.135. The van der Waals surface area contributed by atoms with Gasteiger partial charge < -0.3 is 20.4 Å². The molecule has 1 aliphatic rings. The molecule has 2 rings (SSSR count). The second kappa shape index (κ2) is 11.4. The molecule has 0 saturated carbocycles. The SMILES string of the molecule is CC(C)(O)CO/N=C/c1cc(C(=O)NOCCO)c(NC2=C(F)C=IC=C2)c(F)c1F. The Bertz CT molecular complexity index is 943. The molecule has 4 N–H and O–H groups in total. The van der Waals surface area contributed by atoms with E-state index < -0.39 is 66.5 Å². The molecule has 0 fully saturated rings. The minimum Gasteiger partial charge on any atom is -0.394 e. The third-order valence-electron chi connectivity index (χ3n) is 3.50. The molecule has 0 atom stereocenters. The van der Waals surface area contributed by atoms with E-state index in [9.17, 15) is 23.1 Å². The number of hydrogen-bond donors (Lipinski definition) is 4. The van der Waals surface area contributed by atoms with E-state index in [1.54, 1.807) is 4.08 Å². The zero-order valence-corrected chi connectivity index (χ0v) is 18.7. The van der Waals surface area contributed by atoms with Crippen molar-refractivity contribution in [3.8, 4) is 0 Å². The lowest BCUT2D eigenvalue weighted by Gasteiger charge is -2.16. The van der Waals surface area contributed by atoms with Crippen LogP contribution in [0.2, 0.25) is 0 Å². The number of anilines is 1. The molecule has 0 radical (unpaired) electrons. The van der Waals surface area contributed by atoms with E-state index in [1.807, 2.05) is 5.48 Å². The van der Waals surface area contributed by atoms with Crippen LogP contribution in [0, 0.1) is 11.6 Å². The zero-order chi connectivity index (χ0) is 23.0. The first kappa shape index (κ1) is 25.0. The summed E-state index contributed by atoms with van der Waals surface area (Å²) < 4.78 is 46.5.